The lowest BCUT2D eigenvalue weighted by atomic mass is 9.88. The Hall–Kier alpha value is -1.30. The molecule has 3 fully saturated rings. The van der Waals surface area contributed by atoms with Gasteiger partial charge in [0.05, 0.1) is 12.1 Å². The van der Waals surface area contributed by atoms with Gasteiger partial charge in [-0.25, -0.2) is 4.79 Å². The van der Waals surface area contributed by atoms with Gasteiger partial charge in [-0.1, -0.05) is 0 Å². The van der Waals surface area contributed by atoms with Crippen molar-refractivity contribution in [1.82, 2.24) is 10.2 Å². The summed E-state index contributed by atoms with van der Waals surface area (Å²) in [4.78, 5) is 24.6. The van der Waals surface area contributed by atoms with E-state index in [2.05, 4.69) is 5.32 Å². The number of hydrogen-bond donors (Lipinski definition) is 2. The lowest BCUT2D eigenvalue weighted by Gasteiger charge is -2.31. The van der Waals surface area contributed by atoms with E-state index in [-0.39, 0.29) is 24.6 Å². The fraction of sp³-hybridized carbons (Fsp3) is 0.857. The summed E-state index contributed by atoms with van der Waals surface area (Å²) < 4.78 is 5.61. The van der Waals surface area contributed by atoms with Gasteiger partial charge in [0, 0.05) is 26.6 Å². The second-order valence-electron chi connectivity index (χ2n) is 6.23. The molecule has 0 radical (unpaired) electrons. The number of urea groups is 1. The summed E-state index contributed by atoms with van der Waals surface area (Å²) in [6.45, 7) is 1.25. The first-order valence-electron chi connectivity index (χ1n) is 7.41. The van der Waals surface area contributed by atoms with Crippen LogP contribution in [0.15, 0.2) is 0 Å². The maximum Gasteiger partial charge on any atom is 0.317 e. The molecule has 1 aliphatic heterocycles. The number of nitrogens with zero attached hydrogens (tertiary/aromatic N) is 1. The van der Waals surface area contributed by atoms with Gasteiger partial charge < -0.3 is 20.1 Å². The molecule has 0 spiro atoms. The second-order valence-corrected chi connectivity index (χ2v) is 6.23. The highest BCUT2D eigenvalue weighted by molar-refractivity contribution is 5.75. The number of carbonyl (C=O) groups is 2. The van der Waals surface area contributed by atoms with Crippen LogP contribution in [-0.4, -0.2) is 54.4 Å². The van der Waals surface area contributed by atoms with Crippen molar-refractivity contribution in [1.29, 1.82) is 0 Å². The highest BCUT2D eigenvalue weighted by Gasteiger charge is 2.60. The fourth-order valence-corrected chi connectivity index (χ4v) is 4.49. The molecule has 2 bridgehead atoms. The van der Waals surface area contributed by atoms with Crippen LogP contribution in [0.3, 0.4) is 0 Å². The van der Waals surface area contributed by atoms with E-state index >= 15 is 0 Å². The lowest BCUT2D eigenvalue weighted by Crippen LogP contribution is -2.48. The van der Waals surface area contributed by atoms with Gasteiger partial charge in [0.1, 0.15) is 0 Å². The Morgan fingerprint density at radius 2 is 2.15 bits per heavy atom. The summed E-state index contributed by atoms with van der Waals surface area (Å²) in [5.41, 5.74) is 0. The summed E-state index contributed by atoms with van der Waals surface area (Å²) >= 11 is 0. The molecule has 3 rings (SSSR count). The van der Waals surface area contributed by atoms with Crippen molar-refractivity contribution in [3.63, 3.8) is 0 Å². The molecule has 0 aromatic rings. The number of fused-ring (bicyclic) bond motifs is 1. The van der Waals surface area contributed by atoms with E-state index in [4.69, 9.17) is 9.84 Å². The average molecular weight is 282 g/mol. The van der Waals surface area contributed by atoms with Crippen LogP contribution in [0.25, 0.3) is 0 Å². The van der Waals surface area contributed by atoms with Gasteiger partial charge in [0.15, 0.2) is 0 Å². The standard InChI is InChI=1S/C14H22N2O4/c1-20-13-8-5-9-7-16(12(13)10(9)6-8)14(19)15-4-2-3-11(17)18/h8-10,12-13H,2-7H2,1H3,(H,15,19)(H,17,18). The lowest BCUT2D eigenvalue weighted by molar-refractivity contribution is -0.137. The topological polar surface area (TPSA) is 78.9 Å². The number of carboxylic acids is 1. The molecule has 6 nitrogen and oxygen atoms in total. The summed E-state index contributed by atoms with van der Waals surface area (Å²) in [7, 11) is 1.74. The SMILES string of the molecule is COC1C2CC3CN(C(=O)NCCCC(=O)O)C1C3C2. The molecule has 1 heterocycles. The van der Waals surface area contributed by atoms with Crippen LogP contribution in [0.2, 0.25) is 0 Å². The van der Waals surface area contributed by atoms with E-state index in [1.807, 2.05) is 4.90 Å². The van der Waals surface area contributed by atoms with E-state index < -0.39 is 5.97 Å². The molecule has 6 heteroatoms. The molecule has 5 unspecified atom stereocenters. The second kappa shape index (κ2) is 5.24. The van der Waals surface area contributed by atoms with Crippen LogP contribution in [0.1, 0.15) is 25.7 Å². The van der Waals surface area contributed by atoms with Crippen LogP contribution in [-0.2, 0) is 9.53 Å². The first kappa shape index (κ1) is 13.7. The molecule has 2 saturated carbocycles. The number of aliphatic carboxylic acids is 1. The predicted octanol–water partition coefficient (Wildman–Crippen LogP) is 0.916. The number of carbonyl (C=O) groups excluding carboxylic acids is 1. The molecule has 2 N–H and O–H groups in total. The van der Waals surface area contributed by atoms with Gasteiger partial charge in [-0.15, -0.1) is 0 Å². The van der Waals surface area contributed by atoms with Gasteiger partial charge >= 0.3 is 12.0 Å². The predicted molar refractivity (Wildman–Crippen MR) is 71.3 cm³/mol. The summed E-state index contributed by atoms with van der Waals surface area (Å²) in [5.74, 6) is 1.04. The molecule has 1 saturated heterocycles. The minimum atomic E-state index is -0.823. The van der Waals surface area contributed by atoms with E-state index in [1.165, 1.54) is 12.8 Å². The fourth-order valence-electron chi connectivity index (χ4n) is 4.49. The summed E-state index contributed by atoms with van der Waals surface area (Å²) in [6, 6.07) is 0.167. The van der Waals surface area contributed by atoms with Gasteiger partial charge in [-0.2, -0.15) is 0 Å². The molecule has 20 heavy (non-hydrogen) atoms. The van der Waals surface area contributed by atoms with Crippen LogP contribution >= 0.6 is 0 Å². The maximum atomic E-state index is 12.3. The van der Waals surface area contributed by atoms with E-state index in [1.54, 1.807) is 7.11 Å². The number of likely N-dealkylation sites (tertiary alicyclic amines) is 1. The number of carboxylic acid groups (broad SMARTS) is 1. The monoisotopic (exact) mass is 282 g/mol. The van der Waals surface area contributed by atoms with Crippen LogP contribution in [0, 0.1) is 17.8 Å². The summed E-state index contributed by atoms with van der Waals surface area (Å²) in [6.07, 6.45) is 3.13. The zero-order valence-corrected chi connectivity index (χ0v) is 11.7. The van der Waals surface area contributed by atoms with Crippen molar-refractivity contribution in [2.75, 3.05) is 20.2 Å². The van der Waals surface area contributed by atoms with Crippen molar-refractivity contribution in [3.8, 4) is 0 Å². The number of hydrogen-bond acceptors (Lipinski definition) is 3. The van der Waals surface area contributed by atoms with Crippen molar-refractivity contribution < 1.29 is 19.4 Å². The number of nitrogens with one attached hydrogen (secondary N) is 1. The van der Waals surface area contributed by atoms with Crippen LogP contribution in [0.5, 0.6) is 0 Å². The van der Waals surface area contributed by atoms with Crippen LogP contribution in [0.4, 0.5) is 4.79 Å². The first-order valence-corrected chi connectivity index (χ1v) is 7.41. The smallest absolute Gasteiger partial charge is 0.317 e. The van der Waals surface area contributed by atoms with Gasteiger partial charge in [0.25, 0.3) is 0 Å². The third-order valence-electron chi connectivity index (χ3n) is 5.19. The molecular formula is C14H22N2O4. The Kier molecular flexibility index (Phi) is 3.58. The minimum absolute atomic E-state index is 0.0579. The molecule has 2 aliphatic carbocycles. The third-order valence-corrected chi connectivity index (χ3v) is 5.19. The van der Waals surface area contributed by atoms with Crippen LogP contribution < -0.4 is 5.32 Å². The van der Waals surface area contributed by atoms with E-state index in [0.29, 0.717) is 30.7 Å². The largest absolute Gasteiger partial charge is 0.481 e. The van der Waals surface area contributed by atoms with Crippen molar-refractivity contribution in [2.24, 2.45) is 17.8 Å². The van der Waals surface area contributed by atoms with Gasteiger partial charge in [-0.05, 0) is 37.0 Å². The Balaban J connectivity index is 1.55. The number of rotatable bonds is 5. The Labute approximate surface area is 118 Å². The molecule has 112 valence electrons. The maximum absolute atomic E-state index is 12.3. The van der Waals surface area contributed by atoms with E-state index in [0.717, 1.165) is 6.54 Å². The molecule has 2 amide bonds. The average Bonchev–Trinajstić information content (AvgIpc) is 3.01. The third kappa shape index (κ3) is 2.16. The van der Waals surface area contributed by atoms with Crippen molar-refractivity contribution in [3.05, 3.63) is 0 Å². The molecular weight excluding hydrogens is 260 g/mol. The molecule has 3 aliphatic rings. The number of amides is 2. The quantitative estimate of drug-likeness (QED) is 0.735. The highest BCUT2D eigenvalue weighted by Crippen LogP contribution is 2.55. The Morgan fingerprint density at radius 3 is 2.85 bits per heavy atom. The van der Waals surface area contributed by atoms with E-state index in [9.17, 15) is 9.59 Å². The number of ether oxygens (including phenoxy) is 1. The first-order chi connectivity index (χ1) is 9.61. The Bertz CT molecular complexity index is 412. The van der Waals surface area contributed by atoms with Gasteiger partial charge in [0.2, 0.25) is 0 Å². The highest BCUT2D eigenvalue weighted by atomic mass is 16.5. The normalized spacial score (nSPS) is 37.5. The van der Waals surface area contributed by atoms with Crippen molar-refractivity contribution in [2.45, 2.75) is 37.8 Å². The molecule has 0 aromatic carbocycles. The zero-order chi connectivity index (χ0) is 14.3. The number of methoxy groups -OCH3 is 1. The zero-order valence-electron chi connectivity index (χ0n) is 11.7. The van der Waals surface area contributed by atoms with Crippen molar-refractivity contribution >= 4 is 12.0 Å². The molecule has 0 aromatic heterocycles. The van der Waals surface area contributed by atoms with Gasteiger partial charge in [-0.3, -0.25) is 4.79 Å². The molecule has 5 atom stereocenters. The minimum Gasteiger partial charge on any atom is -0.481 e. The summed E-state index contributed by atoms with van der Waals surface area (Å²) in [5, 5.41) is 11.4. The Morgan fingerprint density at radius 1 is 1.35 bits per heavy atom.